The molecule has 2 fully saturated rings. The first-order chi connectivity index (χ1) is 16.2. The number of fused-ring (bicyclic) bond motifs is 1. The maximum Gasteiger partial charge on any atom is 0.229 e. The third-order valence-corrected chi connectivity index (χ3v) is 7.65. The van der Waals surface area contributed by atoms with Crippen LogP contribution in [0.5, 0.6) is 0 Å². The zero-order valence-electron chi connectivity index (χ0n) is 19.4. The summed E-state index contributed by atoms with van der Waals surface area (Å²) in [6.45, 7) is 3.13. The highest BCUT2D eigenvalue weighted by atomic mass is 16.5. The number of carbonyl (C=O) groups is 1. The van der Waals surface area contributed by atoms with Crippen LogP contribution in [-0.2, 0) is 22.4 Å². The van der Waals surface area contributed by atoms with Crippen LogP contribution in [0.25, 0.3) is 10.8 Å². The number of rotatable bonds is 5. The topological polar surface area (TPSA) is 42.4 Å². The average Bonchev–Trinajstić information content (AvgIpc) is 3.10. The Labute approximate surface area is 197 Å². The molecule has 2 aromatic carbocycles. The van der Waals surface area contributed by atoms with Crippen molar-refractivity contribution in [2.24, 2.45) is 11.3 Å². The molecule has 0 radical (unpaired) electrons. The van der Waals surface area contributed by atoms with E-state index in [1.165, 1.54) is 28.3 Å². The minimum Gasteiger partial charge on any atom is -0.381 e. The van der Waals surface area contributed by atoms with Crippen molar-refractivity contribution in [1.82, 2.24) is 9.88 Å². The van der Waals surface area contributed by atoms with Crippen molar-refractivity contribution in [3.63, 3.8) is 0 Å². The first kappa shape index (κ1) is 22.1. The van der Waals surface area contributed by atoms with E-state index in [0.29, 0.717) is 25.0 Å². The molecular formula is C29H34N2O2. The molecule has 4 nitrogen and oxygen atoms in total. The third kappa shape index (κ3) is 5.11. The summed E-state index contributed by atoms with van der Waals surface area (Å²) in [5.41, 5.74) is 2.33. The molecule has 1 amide bonds. The van der Waals surface area contributed by atoms with Crippen LogP contribution in [0.3, 0.4) is 0 Å². The monoisotopic (exact) mass is 442 g/mol. The van der Waals surface area contributed by atoms with E-state index in [0.717, 1.165) is 51.6 Å². The summed E-state index contributed by atoms with van der Waals surface area (Å²) >= 11 is 0. The van der Waals surface area contributed by atoms with Crippen molar-refractivity contribution >= 4 is 16.7 Å². The molecule has 3 aromatic rings. The van der Waals surface area contributed by atoms with Crippen LogP contribution >= 0.6 is 0 Å². The third-order valence-electron chi connectivity index (χ3n) is 7.65. The van der Waals surface area contributed by atoms with Crippen molar-refractivity contribution in [2.45, 2.75) is 44.9 Å². The van der Waals surface area contributed by atoms with Gasteiger partial charge < -0.3 is 9.64 Å². The van der Waals surface area contributed by atoms with Gasteiger partial charge in [0.2, 0.25) is 5.91 Å². The highest BCUT2D eigenvalue weighted by Gasteiger charge is 2.42. The number of ether oxygens (including phenoxy) is 1. The van der Waals surface area contributed by atoms with E-state index in [-0.39, 0.29) is 5.41 Å². The van der Waals surface area contributed by atoms with E-state index >= 15 is 0 Å². The second-order valence-corrected chi connectivity index (χ2v) is 9.91. The first-order valence-electron chi connectivity index (χ1n) is 12.5. The SMILES string of the molecule is O=C(N1CCCC(Cc2ccc3cnccc3c2)CC1)C1(Cc2ccccc2)CCOCC1. The van der Waals surface area contributed by atoms with Gasteiger partial charge in [0.25, 0.3) is 0 Å². The van der Waals surface area contributed by atoms with Crippen LogP contribution in [0.4, 0.5) is 0 Å². The molecule has 0 aliphatic carbocycles. The molecule has 0 saturated carbocycles. The Morgan fingerprint density at radius 1 is 0.970 bits per heavy atom. The number of amides is 1. The number of carbonyl (C=O) groups excluding carboxylic acids is 1. The molecule has 2 aliphatic heterocycles. The summed E-state index contributed by atoms with van der Waals surface area (Å²) in [5.74, 6) is 0.982. The van der Waals surface area contributed by atoms with E-state index < -0.39 is 0 Å². The second-order valence-electron chi connectivity index (χ2n) is 9.91. The Bertz CT molecular complexity index is 1080. The lowest BCUT2D eigenvalue weighted by molar-refractivity contribution is -0.148. The van der Waals surface area contributed by atoms with Gasteiger partial charge in [-0.15, -0.1) is 0 Å². The van der Waals surface area contributed by atoms with Crippen molar-refractivity contribution in [2.75, 3.05) is 26.3 Å². The van der Waals surface area contributed by atoms with E-state index in [1.807, 2.05) is 18.5 Å². The maximum absolute atomic E-state index is 13.9. The molecule has 2 aliphatic rings. The lowest BCUT2D eigenvalue weighted by atomic mass is 9.74. The minimum absolute atomic E-state index is 0.314. The van der Waals surface area contributed by atoms with E-state index in [4.69, 9.17) is 4.74 Å². The van der Waals surface area contributed by atoms with Crippen LogP contribution in [0.2, 0.25) is 0 Å². The predicted molar refractivity (Wildman–Crippen MR) is 132 cm³/mol. The van der Waals surface area contributed by atoms with Crippen molar-refractivity contribution < 1.29 is 9.53 Å². The molecule has 1 unspecified atom stereocenters. The van der Waals surface area contributed by atoms with Gasteiger partial charge in [0.1, 0.15) is 0 Å². The zero-order valence-corrected chi connectivity index (χ0v) is 19.4. The Morgan fingerprint density at radius 3 is 2.67 bits per heavy atom. The van der Waals surface area contributed by atoms with Crippen LogP contribution in [0, 0.1) is 11.3 Å². The summed E-state index contributed by atoms with van der Waals surface area (Å²) in [7, 11) is 0. The lowest BCUT2D eigenvalue weighted by Crippen LogP contribution is -2.48. The molecule has 0 N–H and O–H groups in total. The number of nitrogens with zero attached hydrogens (tertiary/aromatic N) is 2. The number of hydrogen-bond acceptors (Lipinski definition) is 3. The molecular weight excluding hydrogens is 408 g/mol. The van der Waals surface area contributed by atoms with Gasteiger partial charge in [-0.2, -0.15) is 0 Å². The van der Waals surface area contributed by atoms with Crippen molar-refractivity contribution in [1.29, 1.82) is 0 Å². The molecule has 2 saturated heterocycles. The van der Waals surface area contributed by atoms with Crippen LogP contribution in [0.15, 0.2) is 67.0 Å². The van der Waals surface area contributed by atoms with Crippen LogP contribution in [0.1, 0.15) is 43.2 Å². The molecule has 33 heavy (non-hydrogen) atoms. The normalized spacial score (nSPS) is 21.0. The molecule has 1 atom stereocenters. The van der Waals surface area contributed by atoms with Gasteiger partial charge in [-0.25, -0.2) is 0 Å². The van der Waals surface area contributed by atoms with Gasteiger partial charge >= 0.3 is 0 Å². The highest BCUT2D eigenvalue weighted by Crippen LogP contribution is 2.37. The lowest BCUT2D eigenvalue weighted by Gasteiger charge is -2.40. The molecule has 5 rings (SSSR count). The molecule has 3 heterocycles. The first-order valence-corrected chi connectivity index (χ1v) is 12.5. The molecule has 1 aromatic heterocycles. The second kappa shape index (κ2) is 10.0. The smallest absolute Gasteiger partial charge is 0.229 e. The summed E-state index contributed by atoms with van der Waals surface area (Å²) in [5, 5.41) is 2.45. The Morgan fingerprint density at radius 2 is 1.82 bits per heavy atom. The number of likely N-dealkylation sites (tertiary alicyclic amines) is 1. The fourth-order valence-corrected chi connectivity index (χ4v) is 5.72. The van der Waals surface area contributed by atoms with Gasteiger partial charge in [0, 0.05) is 44.1 Å². The maximum atomic E-state index is 13.9. The Hall–Kier alpha value is -2.72. The van der Waals surface area contributed by atoms with Crippen molar-refractivity contribution in [3.05, 3.63) is 78.1 Å². The van der Waals surface area contributed by atoms with E-state index in [9.17, 15) is 4.79 Å². The van der Waals surface area contributed by atoms with Gasteiger partial charge in [-0.05, 0) is 73.4 Å². The summed E-state index contributed by atoms with van der Waals surface area (Å²) < 4.78 is 5.66. The van der Waals surface area contributed by atoms with Crippen molar-refractivity contribution in [3.8, 4) is 0 Å². The van der Waals surface area contributed by atoms with Gasteiger partial charge in [-0.1, -0.05) is 48.5 Å². The number of aromatic nitrogens is 1. The van der Waals surface area contributed by atoms with E-state index in [2.05, 4.69) is 58.4 Å². The summed E-state index contributed by atoms with van der Waals surface area (Å²) in [6.07, 6.45) is 10.7. The Kier molecular flexibility index (Phi) is 6.73. The minimum atomic E-state index is -0.314. The van der Waals surface area contributed by atoms with Crippen LogP contribution < -0.4 is 0 Å². The standard InChI is InChI=1S/C29H34N2O2/c32-28(29(12-17-33-18-13-29)21-24-5-2-1-3-6-24)31-15-4-7-23(11-16-31)19-25-8-9-27-22-30-14-10-26(27)20-25/h1-3,5-6,8-10,14,20,22-23H,4,7,11-13,15-19,21H2. The molecule has 4 heteroatoms. The van der Waals surface area contributed by atoms with Gasteiger partial charge in [-0.3, -0.25) is 9.78 Å². The van der Waals surface area contributed by atoms with Crippen LogP contribution in [-0.4, -0.2) is 42.1 Å². The van der Waals surface area contributed by atoms with E-state index in [1.54, 1.807) is 0 Å². The zero-order chi connectivity index (χ0) is 22.5. The predicted octanol–water partition coefficient (Wildman–Crippen LogP) is 5.45. The summed E-state index contributed by atoms with van der Waals surface area (Å²) in [4.78, 5) is 20.3. The number of hydrogen-bond donors (Lipinski definition) is 0. The quantitative estimate of drug-likeness (QED) is 0.528. The average molecular weight is 443 g/mol. The fourth-order valence-electron chi connectivity index (χ4n) is 5.72. The Balaban J connectivity index is 1.26. The molecule has 0 spiro atoms. The summed E-state index contributed by atoms with van der Waals surface area (Å²) in [6, 6.07) is 19.3. The molecule has 172 valence electrons. The number of pyridine rings is 1. The van der Waals surface area contributed by atoms with Gasteiger partial charge in [0.15, 0.2) is 0 Å². The highest BCUT2D eigenvalue weighted by molar-refractivity contribution is 5.83. The molecule has 0 bridgehead atoms. The van der Waals surface area contributed by atoms with Gasteiger partial charge in [0.05, 0.1) is 5.41 Å². The fraction of sp³-hybridized carbons (Fsp3) is 0.448. The largest absolute Gasteiger partial charge is 0.381 e. The number of benzene rings is 2.